The molecule has 9 heteroatoms. The second-order valence-corrected chi connectivity index (χ2v) is 11.9. The van der Waals surface area contributed by atoms with E-state index in [1.54, 1.807) is 10.4 Å². The van der Waals surface area contributed by atoms with Crippen molar-refractivity contribution in [3.63, 3.8) is 0 Å². The number of thiophene rings is 1. The van der Waals surface area contributed by atoms with Crippen molar-refractivity contribution in [1.29, 1.82) is 0 Å². The first-order chi connectivity index (χ1) is 13.5. The number of hydrogen-bond donors (Lipinski definition) is 2. The van der Waals surface area contributed by atoms with Crippen LogP contribution in [0.5, 0.6) is 0 Å². The minimum absolute atomic E-state index is 0.441. The summed E-state index contributed by atoms with van der Waals surface area (Å²) in [5, 5.41) is 7.59. The second-order valence-electron chi connectivity index (χ2n) is 7.39. The molecule has 0 spiro atoms. The third-order valence-electron chi connectivity index (χ3n) is 5.34. The SMILES string of the molecule is CCNC(=NCc1ccc(S(=O)(=O)N2CCCCC2)s1)NC1CCC(SC)C1. The molecule has 158 valence electrons. The highest BCUT2D eigenvalue weighted by molar-refractivity contribution is 7.99. The maximum atomic E-state index is 12.8. The minimum atomic E-state index is -3.35. The number of nitrogens with one attached hydrogen (secondary N) is 2. The van der Waals surface area contributed by atoms with E-state index in [9.17, 15) is 8.42 Å². The number of thioether (sulfide) groups is 1. The van der Waals surface area contributed by atoms with Gasteiger partial charge in [-0.05, 0) is 57.4 Å². The molecule has 28 heavy (non-hydrogen) atoms. The smallest absolute Gasteiger partial charge is 0.252 e. The molecule has 2 fully saturated rings. The van der Waals surface area contributed by atoms with Gasteiger partial charge in [-0.2, -0.15) is 16.1 Å². The van der Waals surface area contributed by atoms with E-state index in [1.807, 2.05) is 17.8 Å². The van der Waals surface area contributed by atoms with Gasteiger partial charge in [0.2, 0.25) is 0 Å². The molecule has 1 saturated carbocycles. The van der Waals surface area contributed by atoms with Crippen LogP contribution in [0.1, 0.15) is 50.3 Å². The molecule has 6 nitrogen and oxygen atoms in total. The second kappa shape index (κ2) is 10.3. The van der Waals surface area contributed by atoms with Gasteiger partial charge in [0.25, 0.3) is 10.0 Å². The quantitative estimate of drug-likeness (QED) is 0.499. The average Bonchev–Trinajstić information content (AvgIpc) is 3.37. The lowest BCUT2D eigenvalue weighted by Gasteiger charge is -2.25. The number of aliphatic imine (C=N–C) groups is 1. The summed E-state index contributed by atoms with van der Waals surface area (Å²) < 4.78 is 27.7. The summed E-state index contributed by atoms with van der Waals surface area (Å²) in [5.74, 6) is 0.822. The number of guanidine groups is 1. The Morgan fingerprint density at radius 3 is 2.75 bits per heavy atom. The third kappa shape index (κ3) is 5.64. The predicted octanol–water partition coefficient (Wildman–Crippen LogP) is 3.26. The van der Waals surface area contributed by atoms with E-state index in [-0.39, 0.29) is 0 Å². The zero-order valence-electron chi connectivity index (χ0n) is 16.8. The summed E-state index contributed by atoms with van der Waals surface area (Å²) in [7, 11) is -3.35. The fourth-order valence-corrected chi connectivity index (χ4v) is 7.52. The molecular formula is C19H32N4O2S3. The van der Waals surface area contributed by atoms with Crippen LogP contribution in [-0.4, -0.2) is 55.9 Å². The topological polar surface area (TPSA) is 73.8 Å². The largest absolute Gasteiger partial charge is 0.357 e. The van der Waals surface area contributed by atoms with Crippen LogP contribution in [0.25, 0.3) is 0 Å². The maximum Gasteiger partial charge on any atom is 0.252 e. The Balaban J connectivity index is 1.62. The van der Waals surface area contributed by atoms with Crippen molar-refractivity contribution < 1.29 is 8.42 Å². The third-order valence-corrected chi connectivity index (χ3v) is 9.87. The number of piperidine rings is 1. The zero-order chi connectivity index (χ0) is 20.0. The van der Waals surface area contributed by atoms with Gasteiger partial charge in [0.05, 0.1) is 6.54 Å². The van der Waals surface area contributed by atoms with Gasteiger partial charge in [-0.1, -0.05) is 6.42 Å². The van der Waals surface area contributed by atoms with E-state index in [4.69, 9.17) is 4.99 Å². The molecule has 2 aliphatic rings. The molecule has 2 atom stereocenters. The Morgan fingerprint density at radius 1 is 1.29 bits per heavy atom. The molecule has 1 aliphatic carbocycles. The summed E-state index contributed by atoms with van der Waals surface area (Å²) in [6.07, 6.45) is 8.81. The molecule has 2 heterocycles. The molecule has 1 aliphatic heterocycles. The van der Waals surface area contributed by atoms with Crippen molar-refractivity contribution in [3.8, 4) is 0 Å². The molecule has 0 bridgehead atoms. The molecule has 0 aromatic carbocycles. The molecule has 0 amide bonds. The summed E-state index contributed by atoms with van der Waals surface area (Å²) in [6.45, 7) is 4.64. The van der Waals surface area contributed by atoms with Crippen LogP contribution in [0.3, 0.4) is 0 Å². The van der Waals surface area contributed by atoms with Crippen LogP contribution < -0.4 is 10.6 Å². The Morgan fingerprint density at radius 2 is 2.07 bits per heavy atom. The molecule has 2 N–H and O–H groups in total. The van der Waals surface area contributed by atoms with Crippen LogP contribution in [-0.2, 0) is 16.6 Å². The van der Waals surface area contributed by atoms with E-state index in [1.165, 1.54) is 30.6 Å². The lowest BCUT2D eigenvalue weighted by Crippen LogP contribution is -2.42. The predicted molar refractivity (Wildman–Crippen MR) is 120 cm³/mol. The summed E-state index contributed by atoms with van der Waals surface area (Å²) in [4.78, 5) is 5.67. The lowest BCUT2D eigenvalue weighted by atomic mass is 10.2. The van der Waals surface area contributed by atoms with Crippen molar-refractivity contribution in [3.05, 3.63) is 17.0 Å². The highest BCUT2D eigenvalue weighted by Gasteiger charge is 2.27. The molecule has 2 unspecified atom stereocenters. The first-order valence-corrected chi connectivity index (χ1v) is 13.7. The van der Waals surface area contributed by atoms with Crippen LogP contribution >= 0.6 is 23.1 Å². The van der Waals surface area contributed by atoms with E-state index in [2.05, 4.69) is 23.8 Å². The number of nitrogens with zero attached hydrogens (tertiary/aromatic N) is 2. The Kier molecular flexibility index (Phi) is 8.08. The van der Waals surface area contributed by atoms with Crippen molar-refractivity contribution >= 4 is 39.1 Å². The Labute approximate surface area is 177 Å². The summed E-state index contributed by atoms with van der Waals surface area (Å²) >= 11 is 3.29. The van der Waals surface area contributed by atoms with Crippen LogP contribution in [0.2, 0.25) is 0 Å². The van der Waals surface area contributed by atoms with Crippen LogP contribution in [0.15, 0.2) is 21.3 Å². The highest BCUT2D eigenvalue weighted by Crippen LogP contribution is 2.29. The number of rotatable bonds is 7. The number of hydrogen-bond acceptors (Lipinski definition) is 5. The van der Waals surface area contributed by atoms with Gasteiger partial charge in [-0.25, -0.2) is 13.4 Å². The van der Waals surface area contributed by atoms with E-state index in [0.717, 1.165) is 41.9 Å². The van der Waals surface area contributed by atoms with Gasteiger partial charge in [-0.3, -0.25) is 0 Å². The number of sulfonamides is 1. The van der Waals surface area contributed by atoms with Gasteiger partial charge < -0.3 is 10.6 Å². The van der Waals surface area contributed by atoms with Crippen molar-refractivity contribution in [2.24, 2.45) is 4.99 Å². The maximum absolute atomic E-state index is 12.8. The van der Waals surface area contributed by atoms with E-state index in [0.29, 0.717) is 29.9 Å². The normalized spacial score (nSPS) is 24.4. The van der Waals surface area contributed by atoms with Gasteiger partial charge in [0, 0.05) is 35.8 Å². The molecule has 3 rings (SSSR count). The molecule has 1 aromatic heterocycles. The van der Waals surface area contributed by atoms with Gasteiger partial charge >= 0.3 is 0 Å². The van der Waals surface area contributed by atoms with Crippen molar-refractivity contribution in [1.82, 2.24) is 14.9 Å². The highest BCUT2D eigenvalue weighted by atomic mass is 32.2. The molecule has 1 aromatic rings. The Hall–Kier alpha value is -0.770. The van der Waals surface area contributed by atoms with Gasteiger partial charge in [-0.15, -0.1) is 11.3 Å². The van der Waals surface area contributed by atoms with E-state index >= 15 is 0 Å². The summed E-state index contributed by atoms with van der Waals surface area (Å²) in [6, 6.07) is 4.10. The Bertz CT molecular complexity index is 757. The zero-order valence-corrected chi connectivity index (χ0v) is 19.3. The lowest BCUT2D eigenvalue weighted by molar-refractivity contribution is 0.347. The van der Waals surface area contributed by atoms with E-state index < -0.39 is 10.0 Å². The summed E-state index contributed by atoms with van der Waals surface area (Å²) in [5.41, 5.74) is 0. The standard InChI is InChI=1S/C19H32N4O2S3/c1-3-20-19(22-15-7-8-16(13-15)26-2)21-14-17-9-10-18(27-17)28(24,25)23-11-5-4-6-12-23/h9-10,15-16H,3-8,11-14H2,1-2H3,(H2,20,21,22). The first-order valence-electron chi connectivity index (χ1n) is 10.2. The van der Waals surface area contributed by atoms with Crippen LogP contribution in [0, 0.1) is 0 Å². The van der Waals surface area contributed by atoms with Crippen molar-refractivity contribution in [2.75, 3.05) is 25.9 Å². The molecule has 0 radical (unpaired) electrons. The first kappa shape index (κ1) is 21.9. The fraction of sp³-hybridized carbons (Fsp3) is 0.737. The van der Waals surface area contributed by atoms with Gasteiger partial charge in [0.1, 0.15) is 4.21 Å². The monoisotopic (exact) mass is 444 g/mol. The molecule has 1 saturated heterocycles. The minimum Gasteiger partial charge on any atom is -0.357 e. The van der Waals surface area contributed by atoms with Crippen molar-refractivity contribution in [2.45, 2.75) is 67.5 Å². The van der Waals surface area contributed by atoms with Gasteiger partial charge in [0.15, 0.2) is 5.96 Å². The van der Waals surface area contributed by atoms with Crippen LogP contribution in [0.4, 0.5) is 0 Å². The average molecular weight is 445 g/mol. The fourth-order valence-electron chi connectivity index (χ4n) is 3.77. The molecular weight excluding hydrogens is 412 g/mol.